The maximum atomic E-state index is 11.3. The topological polar surface area (TPSA) is 71.1 Å². The van der Waals surface area contributed by atoms with E-state index in [2.05, 4.69) is 22.7 Å². The molecule has 0 amide bonds. The minimum absolute atomic E-state index is 0.188. The number of hydrogen-bond donors (Lipinski definition) is 0. The third kappa shape index (κ3) is 12.1. The molecule has 1 aliphatic heterocycles. The van der Waals surface area contributed by atoms with Gasteiger partial charge in [-0.15, -0.1) is 0 Å². The average Bonchev–Trinajstić information content (AvgIpc) is 2.75. The van der Waals surface area contributed by atoms with Crippen LogP contribution in [0.1, 0.15) is 90.4 Å². The highest BCUT2D eigenvalue weighted by molar-refractivity contribution is 5.75. The number of allylic oxidation sites excluding steroid dienone is 2. The van der Waals surface area contributed by atoms with Crippen molar-refractivity contribution in [1.82, 2.24) is 0 Å². The van der Waals surface area contributed by atoms with Gasteiger partial charge in [0.25, 0.3) is 0 Å². The van der Waals surface area contributed by atoms with E-state index in [4.69, 9.17) is 14.5 Å². The predicted octanol–water partition coefficient (Wildman–Crippen LogP) is 5.05. The molecular formula is C24H38O6. The lowest BCUT2D eigenvalue weighted by Gasteiger charge is -2.37. The molecule has 1 rings (SSSR count). The second-order valence-electron chi connectivity index (χ2n) is 7.82. The van der Waals surface area contributed by atoms with Crippen molar-refractivity contribution in [3.8, 4) is 11.8 Å². The highest BCUT2D eigenvalue weighted by atomic mass is 17.2. The standard InChI is InChI=1S/C24H38O6/c1-21(25)16-14-12-10-8-6-4-5-7-9-11-13-15-18-24(28-3)19-17-22(29-30-24)20-23(26)27-2/h5,7,22H,4,6,8,10,12-20H2,1-3H3. The van der Waals surface area contributed by atoms with Crippen molar-refractivity contribution in [2.24, 2.45) is 0 Å². The van der Waals surface area contributed by atoms with Crippen LogP contribution in [-0.2, 0) is 28.8 Å². The second-order valence-corrected chi connectivity index (χ2v) is 7.82. The Labute approximate surface area is 181 Å². The minimum atomic E-state index is -0.755. The second kappa shape index (κ2) is 16.1. The Morgan fingerprint density at radius 1 is 1.13 bits per heavy atom. The van der Waals surface area contributed by atoms with Gasteiger partial charge >= 0.3 is 5.97 Å². The van der Waals surface area contributed by atoms with Gasteiger partial charge < -0.3 is 14.3 Å². The number of esters is 1. The molecule has 6 nitrogen and oxygen atoms in total. The summed E-state index contributed by atoms with van der Waals surface area (Å²) >= 11 is 0. The van der Waals surface area contributed by atoms with E-state index in [1.54, 1.807) is 14.0 Å². The van der Waals surface area contributed by atoms with Gasteiger partial charge in [0.15, 0.2) is 0 Å². The van der Waals surface area contributed by atoms with Gasteiger partial charge in [-0.05, 0) is 45.1 Å². The molecule has 30 heavy (non-hydrogen) atoms. The summed E-state index contributed by atoms with van der Waals surface area (Å²) in [5.74, 6) is 5.47. The highest BCUT2D eigenvalue weighted by Crippen LogP contribution is 2.33. The molecule has 0 aromatic heterocycles. The lowest BCUT2D eigenvalue weighted by Crippen LogP contribution is -2.42. The molecule has 0 N–H and O–H groups in total. The quantitative estimate of drug-likeness (QED) is 0.169. The SMILES string of the molecule is COC(=O)CC1CCC(CCCC#CC=CCCCCCCCC(C)=O)(OC)OO1. The predicted molar refractivity (Wildman–Crippen MR) is 115 cm³/mol. The lowest BCUT2D eigenvalue weighted by atomic mass is 9.99. The van der Waals surface area contributed by atoms with E-state index in [0.717, 1.165) is 38.5 Å². The molecule has 1 fully saturated rings. The van der Waals surface area contributed by atoms with Crippen LogP contribution >= 0.6 is 0 Å². The van der Waals surface area contributed by atoms with Crippen LogP contribution in [0.5, 0.6) is 0 Å². The van der Waals surface area contributed by atoms with Gasteiger partial charge in [-0.1, -0.05) is 37.2 Å². The van der Waals surface area contributed by atoms with Gasteiger partial charge in [0.2, 0.25) is 5.79 Å². The Morgan fingerprint density at radius 2 is 1.90 bits per heavy atom. The van der Waals surface area contributed by atoms with Gasteiger partial charge in [0.1, 0.15) is 11.9 Å². The monoisotopic (exact) mass is 422 g/mol. The van der Waals surface area contributed by atoms with Crippen LogP contribution < -0.4 is 0 Å². The van der Waals surface area contributed by atoms with Crippen molar-refractivity contribution in [3.05, 3.63) is 12.2 Å². The molecule has 6 heteroatoms. The zero-order valence-electron chi connectivity index (χ0n) is 18.9. The molecule has 0 aromatic carbocycles. The zero-order valence-corrected chi connectivity index (χ0v) is 18.9. The largest absolute Gasteiger partial charge is 0.469 e. The summed E-state index contributed by atoms with van der Waals surface area (Å²) in [6.07, 6.45) is 15.1. The number of ether oxygens (including phenoxy) is 2. The van der Waals surface area contributed by atoms with Crippen molar-refractivity contribution in [2.45, 2.75) is 102 Å². The summed E-state index contributed by atoms with van der Waals surface area (Å²) < 4.78 is 10.2. The number of carbonyl (C=O) groups is 2. The van der Waals surface area contributed by atoms with Crippen molar-refractivity contribution in [2.75, 3.05) is 14.2 Å². The van der Waals surface area contributed by atoms with Crippen molar-refractivity contribution in [3.63, 3.8) is 0 Å². The van der Waals surface area contributed by atoms with E-state index in [9.17, 15) is 9.59 Å². The van der Waals surface area contributed by atoms with Crippen molar-refractivity contribution >= 4 is 11.8 Å². The van der Waals surface area contributed by atoms with Crippen LogP contribution in [0, 0.1) is 11.8 Å². The number of unbranched alkanes of at least 4 members (excludes halogenated alkanes) is 6. The maximum Gasteiger partial charge on any atom is 0.308 e. The first-order valence-corrected chi connectivity index (χ1v) is 11.1. The van der Waals surface area contributed by atoms with E-state index < -0.39 is 5.79 Å². The van der Waals surface area contributed by atoms with Crippen LogP contribution in [0.15, 0.2) is 12.2 Å². The van der Waals surface area contributed by atoms with Crippen molar-refractivity contribution in [1.29, 1.82) is 0 Å². The molecule has 0 bridgehead atoms. The molecule has 1 aliphatic rings. The first-order valence-electron chi connectivity index (χ1n) is 11.1. The number of carbonyl (C=O) groups excluding carboxylic acids is 2. The molecule has 0 spiro atoms. The number of rotatable bonds is 14. The summed E-state index contributed by atoms with van der Waals surface area (Å²) in [5, 5.41) is 0. The smallest absolute Gasteiger partial charge is 0.308 e. The third-order valence-electron chi connectivity index (χ3n) is 5.24. The fourth-order valence-corrected chi connectivity index (χ4v) is 3.32. The Morgan fingerprint density at radius 3 is 2.57 bits per heavy atom. The summed E-state index contributed by atoms with van der Waals surface area (Å²) in [6.45, 7) is 1.66. The number of Topliss-reactive ketones (excluding diaryl/α,β-unsaturated/α-hetero) is 1. The summed E-state index contributed by atoms with van der Waals surface area (Å²) in [7, 11) is 2.98. The molecule has 0 aromatic rings. The lowest BCUT2D eigenvalue weighted by molar-refractivity contribution is -0.466. The first-order chi connectivity index (χ1) is 14.5. The van der Waals surface area contributed by atoms with Crippen LogP contribution in [0.3, 0.4) is 0 Å². The Hall–Kier alpha value is -1.68. The molecular weight excluding hydrogens is 384 g/mol. The van der Waals surface area contributed by atoms with Crippen LogP contribution in [-0.4, -0.2) is 37.9 Å². The molecule has 0 aliphatic carbocycles. The normalized spacial score (nSPS) is 21.2. The number of methoxy groups -OCH3 is 2. The van der Waals surface area contributed by atoms with Gasteiger partial charge in [0, 0.05) is 32.8 Å². The van der Waals surface area contributed by atoms with E-state index >= 15 is 0 Å². The summed E-state index contributed by atoms with van der Waals surface area (Å²) in [4.78, 5) is 33.0. The molecule has 2 atom stereocenters. The number of ketones is 1. The van der Waals surface area contributed by atoms with Crippen molar-refractivity contribution < 1.29 is 28.8 Å². The molecule has 0 saturated carbocycles. The third-order valence-corrected chi connectivity index (χ3v) is 5.24. The molecule has 170 valence electrons. The first kappa shape index (κ1) is 26.4. The summed E-state index contributed by atoms with van der Waals surface area (Å²) in [6, 6.07) is 0. The Balaban J connectivity index is 2.09. The molecule has 1 saturated heterocycles. The van der Waals surface area contributed by atoms with E-state index in [0.29, 0.717) is 19.3 Å². The molecule has 0 radical (unpaired) electrons. The minimum Gasteiger partial charge on any atom is -0.469 e. The Kier molecular flexibility index (Phi) is 14.1. The van der Waals surface area contributed by atoms with Gasteiger partial charge in [-0.2, -0.15) is 0 Å². The van der Waals surface area contributed by atoms with E-state index in [1.165, 1.54) is 26.4 Å². The van der Waals surface area contributed by atoms with Crippen LogP contribution in [0.25, 0.3) is 0 Å². The zero-order chi connectivity index (χ0) is 22.1. The van der Waals surface area contributed by atoms with Crippen LogP contribution in [0.4, 0.5) is 0 Å². The molecule has 2 unspecified atom stereocenters. The molecule has 1 heterocycles. The van der Waals surface area contributed by atoms with Gasteiger partial charge in [0.05, 0.1) is 13.5 Å². The fourth-order valence-electron chi connectivity index (χ4n) is 3.32. The van der Waals surface area contributed by atoms with E-state index in [1.807, 2.05) is 6.08 Å². The fraction of sp³-hybridized carbons (Fsp3) is 0.750. The van der Waals surface area contributed by atoms with Gasteiger partial charge in [-0.3, -0.25) is 4.79 Å². The van der Waals surface area contributed by atoms with E-state index in [-0.39, 0.29) is 24.3 Å². The highest BCUT2D eigenvalue weighted by Gasteiger charge is 2.38. The summed E-state index contributed by atoms with van der Waals surface area (Å²) in [5.41, 5.74) is 0. The van der Waals surface area contributed by atoms with Crippen LogP contribution in [0.2, 0.25) is 0 Å². The number of hydrogen-bond acceptors (Lipinski definition) is 6. The Bertz CT molecular complexity index is 578. The average molecular weight is 423 g/mol. The van der Waals surface area contributed by atoms with Gasteiger partial charge in [-0.25, -0.2) is 9.78 Å². The maximum absolute atomic E-state index is 11.3.